The van der Waals surface area contributed by atoms with Crippen LogP contribution < -0.4 is 15.0 Å². The van der Waals surface area contributed by atoms with E-state index in [1.54, 1.807) is 47.4 Å². The molecule has 1 fully saturated rings. The van der Waals surface area contributed by atoms with Crippen molar-refractivity contribution >= 4 is 29.1 Å². The third-order valence-electron chi connectivity index (χ3n) is 3.96. The minimum absolute atomic E-state index is 0.105. The lowest BCUT2D eigenvalue weighted by Gasteiger charge is -2.16. The predicted molar refractivity (Wildman–Crippen MR) is 97.3 cm³/mol. The number of nitrogens with one attached hydrogen (secondary N) is 1. The summed E-state index contributed by atoms with van der Waals surface area (Å²) in [6, 6.07) is 14.2. The minimum Gasteiger partial charge on any atom is -0.492 e. The van der Waals surface area contributed by atoms with E-state index in [0.29, 0.717) is 42.5 Å². The summed E-state index contributed by atoms with van der Waals surface area (Å²) in [5.41, 5.74) is 1.30. The van der Waals surface area contributed by atoms with Crippen molar-refractivity contribution in [1.82, 2.24) is 5.32 Å². The number of anilines is 1. The Hall–Kier alpha value is -2.53. The van der Waals surface area contributed by atoms with Crippen molar-refractivity contribution in [3.8, 4) is 5.75 Å². The average molecular weight is 359 g/mol. The second kappa shape index (κ2) is 8.03. The summed E-state index contributed by atoms with van der Waals surface area (Å²) < 4.78 is 5.54. The number of halogens is 1. The van der Waals surface area contributed by atoms with Crippen LogP contribution in [0.4, 0.5) is 5.69 Å². The van der Waals surface area contributed by atoms with E-state index >= 15 is 0 Å². The summed E-state index contributed by atoms with van der Waals surface area (Å²) in [7, 11) is 0. The highest BCUT2D eigenvalue weighted by Gasteiger charge is 2.22. The van der Waals surface area contributed by atoms with Crippen molar-refractivity contribution in [2.75, 3.05) is 24.6 Å². The van der Waals surface area contributed by atoms with Gasteiger partial charge in [-0.15, -0.1) is 0 Å². The highest BCUT2D eigenvalue weighted by molar-refractivity contribution is 6.30. The first-order valence-corrected chi connectivity index (χ1v) is 8.58. The molecule has 0 aliphatic carbocycles. The van der Waals surface area contributed by atoms with Crippen LogP contribution in [0.1, 0.15) is 23.2 Å². The minimum atomic E-state index is -0.187. The third kappa shape index (κ3) is 4.51. The first kappa shape index (κ1) is 17.3. The number of amides is 2. The molecule has 6 heteroatoms. The fourth-order valence-electron chi connectivity index (χ4n) is 2.70. The normalized spacial score (nSPS) is 13.8. The number of carbonyl (C=O) groups excluding carboxylic acids is 2. The average Bonchev–Trinajstić information content (AvgIpc) is 3.06. The van der Waals surface area contributed by atoms with Gasteiger partial charge in [0.1, 0.15) is 12.4 Å². The number of carbonyl (C=O) groups is 2. The quantitative estimate of drug-likeness (QED) is 0.806. The standard InChI is InChI=1S/C19H19ClN2O3/c20-15-6-8-17(9-7-15)25-12-10-21-19(24)14-3-1-4-16(13-14)22-11-2-5-18(22)23/h1,3-4,6-9,13H,2,5,10-12H2,(H,21,24). The maximum absolute atomic E-state index is 12.3. The van der Waals surface area contributed by atoms with E-state index in [0.717, 1.165) is 12.1 Å². The molecule has 2 aromatic carbocycles. The summed E-state index contributed by atoms with van der Waals surface area (Å²) in [4.78, 5) is 25.8. The first-order valence-electron chi connectivity index (χ1n) is 8.20. The van der Waals surface area contributed by atoms with Gasteiger partial charge in [0.15, 0.2) is 0 Å². The number of hydrogen-bond acceptors (Lipinski definition) is 3. The highest BCUT2D eigenvalue weighted by atomic mass is 35.5. The molecule has 5 nitrogen and oxygen atoms in total. The molecule has 0 aromatic heterocycles. The summed E-state index contributed by atoms with van der Waals surface area (Å²) in [6.45, 7) is 1.45. The number of rotatable bonds is 6. The van der Waals surface area contributed by atoms with Crippen LogP contribution in [0, 0.1) is 0 Å². The molecule has 1 N–H and O–H groups in total. The molecule has 1 saturated heterocycles. The van der Waals surface area contributed by atoms with Gasteiger partial charge in [-0.05, 0) is 48.9 Å². The first-order chi connectivity index (χ1) is 12.1. The topological polar surface area (TPSA) is 58.6 Å². The maximum atomic E-state index is 12.3. The Balaban J connectivity index is 1.51. The maximum Gasteiger partial charge on any atom is 0.251 e. The molecule has 0 spiro atoms. The van der Waals surface area contributed by atoms with Crippen molar-refractivity contribution in [3.63, 3.8) is 0 Å². The zero-order valence-electron chi connectivity index (χ0n) is 13.7. The van der Waals surface area contributed by atoms with E-state index in [2.05, 4.69) is 5.32 Å². The lowest BCUT2D eigenvalue weighted by atomic mass is 10.1. The molecule has 130 valence electrons. The van der Waals surface area contributed by atoms with Gasteiger partial charge in [0, 0.05) is 29.2 Å². The van der Waals surface area contributed by atoms with E-state index in [1.165, 1.54) is 0 Å². The number of benzene rings is 2. The molecule has 0 bridgehead atoms. The molecule has 1 aliphatic rings. The largest absolute Gasteiger partial charge is 0.492 e. The molecule has 2 aromatic rings. The molecule has 1 heterocycles. The van der Waals surface area contributed by atoms with Gasteiger partial charge in [0.2, 0.25) is 5.91 Å². The summed E-state index contributed by atoms with van der Waals surface area (Å²) in [5.74, 6) is 0.621. The zero-order chi connectivity index (χ0) is 17.6. The van der Waals surface area contributed by atoms with Crippen molar-refractivity contribution in [1.29, 1.82) is 0 Å². The summed E-state index contributed by atoms with van der Waals surface area (Å²) in [5, 5.41) is 3.47. The van der Waals surface area contributed by atoms with Crippen LogP contribution in [0.25, 0.3) is 0 Å². The van der Waals surface area contributed by atoms with Gasteiger partial charge in [-0.2, -0.15) is 0 Å². The second-order valence-electron chi connectivity index (χ2n) is 5.76. The molecule has 3 rings (SSSR count). The van der Waals surface area contributed by atoms with Gasteiger partial charge in [0.05, 0.1) is 6.54 Å². The Morgan fingerprint density at radius 1 is 1.20 bits per heavy atom. The monoisotopic (exact) mass is 358 g/mol. The molecule has 0 unspecified atom stereocenters. The Labute approximate surface area is 151 Å². The van der Waals surface area contributed by atoms with Crippen molar-refractivity contribution in [2.24, 2.45) is 0 Å². The highest BCUT2D eigenvalue weighted by Crippen LogP contribution is 2.22. The summed E-state index contributed by atoms with van der Waals surface area (Å²) in [6.07, 6.45) is 1.43. The molecular weight excluding hydrogens is 340 g/mol. The smallest absolute Gasteiger partial charge is 0.251 e. The lowest BCUT2D eigenvalue weighted by molar-refractivity contribution is -0.117. The van der Waals surface area contributed by atoms with E-state index in [9.17, 15) is 9.59 Å². The molecule has 0 atom stereocenters. The van der Waals surface area contributed by atoms with Crippen LogP contribution in [0.2, 0.25) is 5.02 Å². The molecule has 25 heavy (non-hydrogen) atoms. The molecular formula is C19H19ClN2O3. The van der Waals surface area contributed by atoms with Gasteiger partial charge in [-0.3, -0.25) is 9.59 Å². The fraction of sp³-hybridized carbons (Fsp3) is 0.263. The van der Waals surface area contributed by atoms with Crippen LogP contribution in [0.15, 0.2) is 48.5 Å². The number of hydrogen-bond donors (Lipinski definition) is 1. The Kier molecular flexibility index (Phi) is 5.56. The van der Waals surface area contributed by atoms with Crippen LogP contribution in [-0.2, 0) is 4.79 Å². The van der Waals surface area contributed by atoms with Gasteiger partial charge in [0.25, 0.3) is 5.91 Å². The SMILES string of the molecule is O=C(NCCOc1ccc(Cl)cc1)c1cccc(N2CCCC2=O)c1. The van der Waals surface area contributed by atoms with Gasteiger partial charge >= 0.3 is 0 Å². The van der Waals surface area contributed by atoms with E-state index in [-0.39, 0.29) is 11.8 Å². The van der Waals surface area contributed by atoms with E-state index < -0.39 is 0 Å². The Morgan fingerprint density at radius 3 is 2.72 bits per heavy atom. The lowest BCUT2D eigenvalue weighted by Crippen LogP contribution is -2.29. The predicted octanol–water partition coefficient (Wildman–Crippen LogP) is 3.28. The molecule has 0 saturated carbocycles. The van der Waals surface area contributed by atoms with Crippen molar-refractivity contribution in [2.45, 2.75) is 12.8 Å². The number of nitrogens with zero attached hydrogens (tertiary/aromatic N) is 1. The van der Waals surface area contributed by atoms with Gasteiger partial charge < -0.3 is 15.0 Å². The van der Waals surface area contributed by atoms with Gasteiger partial charge in [-0.1, -0.05) is 17.7 Å². The van der Waals surface area contributed by atoms with Crippen LogP contribution >= 0.6 is 11.6 Å². The van der Waals surface area contributed by atoms with Crippen LogP contribution in [0.5, 0.6) is 5.75 Å². The van der Waals surface area contributed by atoms with Crippen LogP contribution in [0.3, 0.4) is 0 Å². The van der Waals surface area contributed by atoms with E-state index in [4.69, 9.17) is 16.3 Å². The molecule has 1 aliphatic heterocycles. The van der Waals surface area contributed by atoms with Crippen molar-refractivity contribution in [3.05, 3.63) is 59.1 Å². The second-order valence-corrected chi connectivity index (χ2v) is 6.19. The van der Waals surface area contributed by atoms with E-state index in [1.807, 2.05) is 6.07 Å². The number of ether oxygens (including phenoxy) is 1. The third-order valence-corrected chi connectivity index (χ3v) is 4.22. The van der Waals surface area contributed by atoms with Gasteiger partial charge in [-0.25, -0.2) is 0 Å². The fourth-order valence-corrected chi connectivity index (χ4v) is 2.83. The Morgan fingerprint density at radius 2 is 2.00 bits per heavy atom. The van der Waals surface area contributed by atoms with Crippen molar-refractivity contribution < 1.29 is 14.3 Å². The summed E-state index contributed by atoms with van der Waals surface area (Å²) >= 11 is 5.81. The van der Waals surface area contributed by atoms with Crippen LogP contribution in [-0.4, -0.2) is 31.5 Å². The Bertz CT molecular complexity index is 762. The zero-order valence-corrected chi connectivity index (χ0v) is 14.5. The molecule has 2 amide bonds. The molecule has 0 radical (unpaired) electrons.